The van der Waals surface area contributed by atoms with E-state index in [1.54, 1.807) is 13.8 Å². The van der Waals surface area contributed by atoms with Gasteiger partial charge in [-0.3, -0.25) is 0 Å². The van der Waals surface area contributed by atoms with Crippen LogP contribution >= 0.6 is 0 Å². The van der Waals surface area contributed by atoms with Crippen LogP contribution in [-0.2, 0) is 23.7 Å². The van der Waals surface area contributed by atoms with Crippen LogP contribution < -0.4 is 0 Å². The van der Waals surface area contributed by atoms with Crippen molar-refractivity contribution in [2.75, 3.05) is 13.2 Å². The highest BCUT2D eigenvalue weighted by Gasteiger charge is 2.65. The standard InChI is InChI=1S/C12H20O6/c1-10(2)15-7-5-14-12(6-13)9(8(7)16-10)17-11(3,4)18-12/h7-9,13H,5-6H2,1-4H3/t7-,8-,9+,12+/m1/s1. The predicted octanol–water partition coefficient (Wildman–Crippen LogP) is 0.377. The molecule has 3 rings (SSSR count). The lowest BCUT2D eigenvalue weighted by atomic mass is 9.98. The molecule has 0 amide bonds. The Morgan fingerprint density at radius 2 is 1.78 bits per heavy atom. The van der Waals surface area contributed by atoms with Gasteiger partial charge in [0.15, 0.2) is 11.6 Å². The summed E-state index contributed by atoms with van der Waals surface area (Å²) in [5, 5.41) is 9.61. The van der Waals surface area contributed by atoms with E-state index in [4.69, 9.17) is 23.7 Å². The van der Waals surface area contributed by atoms with Gasteiger partial charge in [0, 0.05) is 0 Å². The number of rotatable bonds is 1. The minimum absolute atomic E-state index is 0.192. The lowest BCUT2D eigenvalue weighted by Crippen LogP contribution is -2.60. The average molecular weight is 260 g/mol. The number of hydrogen-bond donors (Lipinski definition) is 1. The molecule has 18 heavy (non-hydrogen) atoms. The van der Waals surface area contributed by atoms with E-state index in [0.29, 0.717) is 6.61 Å². The smallest absolute Gasteiger partial charge is 0.224 e. The Bertz CT molecular complexity index is 354. The molecule has 0 aliphatic carbocycles. The second-order valence-electron chi connectivity index (χ2n) is 5.96. The maximum absolute atomic E-state index is 9.61. The molecule has 0 bridgehead atoms. The van der Waals surface area contributed by atoms with Crippen LogP contribution in [0, 0.1) is 0 Å². The molecule has 3 aliphatic rings. The number of aliphatic hydroxyl groups excluding tert-OH is 1. The SMILES string of the molecule is CC1(C)O[C@@H]2[C@@H](CO[C@@]3(CO)OC(C)(C)O[C@@H]23)O1. The summed E-state index contributed by atoms with van der Waals surface area (Å²) < 4.78 is 28.9. The minimum Gasteiger partial charge on any atom is -0.391 e. The first-order valence-electron chi connectivity index (χ1n) is 6.25. The molecule has 0 saturated carbocycles. The van der Waals surface area contributed by atoms with E-state index in [1.807, 2.05) is 13.8 Å². The molecule has 6 nitrogen and oxygen atoms in total. The van der Waals surface area contributed by atoms with Crippen LogP contribution in [0.3, 0.4) is 0 Å². The molecular weight excluding hydrogens is 240 g/mol. The van der Waals surface area contributed by atoms with Crippen molar-refractivity contribution in [2.45, 2.75) is 63.4 Å². The van der Waals surface area contributed by atoms with Gasteiger partial charge >= 0.3 is 0 Å². The molecule has 1 N–H and O–H groups in total. The number of hydrogen-bond acceptors (Lipinski definition) is 6. The van der Waals surface area contributed by atoms with Crippen molar-refractivity contribution in [3.63, 3.8) is 0 Å². The van der Waals surface area contributed by atoms with E-state index in [2.05, 4.69) is 0 Å². The van der Waals surface area contributed by atoms with Crippen molar-refractivity contribution in [3.05, 3.63) is 0 Å². The van der Waals surface area contributed by atoms with Gasteiger partial charge in [-0.1, -0.05) is 0 Å². The lowest BCUT2D eigenvalue weighted by Gasteiger charge is -2.39. The summed E-state index contributed by atoms with van der Waals surface area (Å²) >= 11 is 0. The zero-order valence-electron chi connectivity index (χ0n) is 11.1. The maximum Gasteiger partial charge on any atom is 0.224 e. The second-order valence-corrected chi connectivity index (χ2v) is 5.96. The van der Waals surface area contributed by atoms with Gasteiger partial charge in [0.1, 0.15) is 24.9 Å². The van der Waals surface area contributed by atoms with Crippen molar-refractivity contribution >= 4 is 0 Å². The molecule has 3 heterocycles. The number of fused-ring (bicyclic) bond motifs is 3. The highest BCUT2D eigenvalue weighted by molar-refractivity contribution is 5.03. The third-order valence-corrected chi connectivity index (χ3v) is 3.50. The summed E-state index contributed by atoms with van der Waals surface area (Å²) in [6.45, 7) is 7.35. The van der Waals surface area contributed by atoms with Crippen molar-refractivity contribution in [1.82, 2.24) is 0 Å². The minimum atomic E-state index is -1.14. The van der Waals surface area contributed by atoms with Crippen molar-refractivity contribution in [2.24, 2.45) is 0 Å². The Balaban J connectivity index is 1.90. The van der Waals surface area contributed by atoms with Crippen LogP contribution in [0.2, 0.25) is 0 Å². The van der Waals surface area contributed by atoms with Crippen LogP contribution in [0.5, 0.6) is 0 Å². The summed E-state index contributed by atoms with van der Waals surface area (Å²) in [6.07, 6.45) is -0.970. The molecular formula is C12H20O6. The Hall–Kier alpha value is -0.240. The Labute approximate surface area is 106 Å². The highest BCUT2D eigenvalue weighted by atomic mass is 16.9. The lowest BCUT2D eigenvalue weighted by molar-refractivity contribution is -0.294. The zero-order chi connectivity index (χ0) is 13.2. The largest absolute Gasteiger partial charge is 0.391 e. The van der Waals surface area contributed by atoms with Gasteiger partial charge in [0.05, 0.1) is 6.61 Å². The first-order chi connectivity index (χ1) is 8.27. The van der Waals surface area contributed by atoms with Gasteiger partial charge < -0.3 is 28.8 Å². The van der Waals surface area contributed by atoms with Crippen LogP contribution in [0.25, 0.3) is 0 Å². The third-order valence-electron chi connectivity index (χ3n) is 3.50. The monoisotopic (exact) mass is 260 g/mol. The fraction of sp³-hybridized carbons (Fsp3) is 1.00. The first kappa shape index (κ1) is 12.8. The summed E-state index contributed by atoms with van der Waals surface area (Å²) in [7, 11) is 0. The maximum atomic E-state index is 9.61. The van der Waals surface area contributed by atoms with Crippen molar-refractivity contribution < 1.29 is 28.8 Å². The molecule has 104 valence electrons. The molecule has 0 spiro atoms. The Kier molecular flexibility index (Phi) is 2.59. The molecule has 3 fully saturated rings. The number of aliphatic hydroxyl groups is 1. The van der Waals surface area contributed by atoms with Gasteiger partial charge in [-0.15, -0.1) is 0 Å². The molecule has 4 atom stereocenters. The van der Waals surface area contributed by atoms with Gasteiger partial charge in [-0.2, -0.15) is 0 Å². The fourth-order valence-electron chi connectivity index (χ4n) is 2.96. The first-order valence-corrected chi connectivity index (χ1v) is 6.25. The molecule has 0 aromatic carbocycles. The van der Waals surface area contributed by atoms with Crippen LogP contribution in [0.4, 0.5) is 0 Å². The average Bonchev–Trinajstić information content (AvgIpc) is 2.70. The quantitative estimate of drug-likeness (QED) is 0.735. The van der Waals surface area contributed by atoms with E-state index in [1.165, 1.54) is 0 Å². The fourth-order valence-corrected chi connectivity index (χ4v) is 2.96. The predicted molar refractivity (Wildman–Crippen MR) is 59.6 cm³/mol. The van der Waals surface area contributed by atoms with Gasteiger partial charge in [0.2, 0.25) is 5.79 Å². The van der Waals surface area contributed by atoms with Crippen LogP contribution in [0.1, 0.15) is 27.7 Å². The van der Waals surface area contributed by atoms with E-state index in [0.717, 1.165) is 0 Å². The normalized spacial score (nSPS) is 48.8. The molecule has 0 unspecified atom stereocenters. The highest BCUT2D eigenvalue weighted by Crippen LogP contribution is 2.47. The molecule has 3 aliphatic heterocycles. The van der Waals surface area contributed by atoms with E-state index in [9.17, 15) is 5.11 Å². The summed E-state index contributed by atoms with van der Waals surface area (Å²) in [4.78, 5) is 0. The van der Waals surface area contributed by atoms with Crippen molar-refractivity contribution in [1.29, 1.82) is 0 Å². The zero-order valence-corrected chi connectivity index (χ0v) is 11.1. The van der Waals surface area contributed by atoms with Gasteiger partial charge in [-0.25, -0.2) is 0 Å². The Morgan fingerprint density at radius 1 is 1.06 bits per heavy atom. The van der Waals surface area contributed by atoms with Gasteiger partial charge in [-0.05, 0) is 27.7 Å². The number of ether oxygens (including phenoxy) is 5. The topological polar surface area (TPSA) is 66.4 Å². The van der Waals surface area contributed by atoms with E-state index >= 15 is 0 Å². The van der Waals surface area contributed by atoms with Crippen LogP contribution in [0.15, 0.2) is 0 Å². The molecule has 3 saturated heterocycles. The third kappa shape index (κ3) is 1.79. The second kappa shape index (κ2) is 3.65. The molecule has 6 heteroatoms. The molecule has 0 aromatic rings. The molecule has 0 radical (unpaired) electrons. The van der Waals surface area contributed by atoms with Gasteiger partial charge in [0.25, 0.3) is 0 Å². The summed E-state index contributed by atoms with van der Waals surface area (Å²) in [6, 6.07) is 0. The Morgan fingerprint density at radius 3 is 2.44 bits per heavy atom. The van der Waals surface area contributed by atoms with E-state index < -0.39 is 23.5 Å². The summed E-state index contributed by atoms with van der Waals surface area (Å²) in [5.41, 5.74) is 0. The van der Waals surface area contributed by atoms with Crippen LogP contribution in [-0.4, -0.2) is 54.0 Å². The van der Waals surface area contributed by atoms with E-state index in [-0.39, 0.29) is 18.8 Å². The van der Waals surface area contributed by atoms with Crippen molar-refractivity contribution in [3.8, 4) is 0 Å². The molecule has 0 aromatic heterocycles. The summed E-state index contributed by atoms with van der Waals surface area (Å²) in [5.74, 6) is -2.62.